The van der Waals surface area contributed by atoms with E-state index in [1.165, 1.54) is 36.2 Å². The van der Waals surface area contributed by atoms with Crippen molar-refractivity contribution < 1.29 is 4.39 Å². The number of rotatable bonds is 4. The maximum absolute atomic E-state index is 13.0. The Morgan fingerprint density at radius 2 is 1.75 bits per heavy atom. The lowest BCUT2D eigenvalue weighted by Gasteiger charge is -2.36. The monoisotopic (exact) mass is 328 g/mol. The van der Waals surface area contributed by atoms with Crippen LogP contribution in [0.3, 0.4) is 0 Å². The van der Waals surface area contributed by atoms with Crippen molar-refractivity contribution in [2.75, 3.05) is 37.6 Å². The van der Waals surface area contributed by atoms with Gasteiger partial charge in [-0.3, -0.25) is 10.00 Å². The SMILES string of the molecule is Fc1ccc(N2CCN(CCc3[nH]nc4c3CCCC4)CC2)cc1. The van der Waals surface area contributed by atoms with E-state index in [1.54, 1.807) is 12.1 Å². The van der Waals surface area contributed by atoms with E-state index >= 15 is 0 Å². The second kappa shape index (κ2) is 6.93. The van der Waals surface area contributed by atoms with E-state index in [1.807, 2.05) is 12.1 Å². The fraction of sp³-hybridized carbons (Fsp3) is 0.526. The molecule has 0 spiro atoms. The minimum Gasteiger partial charge on any atom is -0.369 e. The minimum absolute atomic E-state index is 0.166. The van der Waals surface area contributed by atoms with E-state index in [9.17, 15) is 4.39 Å². The van der Waals surface area contributed by atoms with Gasteiger partial charge < -0.3 is 4.90 Å². The largest absolute Gasteiger partial charge is 0.369 e. The highest BCUT2D eigenvalue weighted by Crippen LogP contribution is 2.23. The summed E-state index contributed by atoms with van der Waals surface area (Å²) >= 11 is 0. The lowest BCUT2D eigenvalue weighted by molar-refractivity contribution is 0.260. The number of benzene rings is 1. The molecule has 1 aliphatic heterocycles. The summed E-state index contributed by atoms with van der Waals surface area (Å²) in [5, 5.41) is 7.77. The molecule has 5 heteroatoms. The Hall–Kier alpha value is -1.88. The summed E-state index contributed by atoms with van der Waals surface area (Å²) < 4.78 is 13.0. The first-order chi connectivity index (χ1) is 11.8. The van der Waals surface area contributed by atoms with Gasteiger partial charge in [0.25, 0.3) is 0 Å². The molecule has 0 unspecified atom stereocenters. The average molecular weight is 328 g/mol. The predicted molar refractivity (Wildman–Crippen MR) is 94.0 cm³/mol. The summed E-state index contributed by atoms with van der Waals surface area (Å²) in [4.78, 5) is 4.87. The predicted octanol–water partition coefficient (Wildman–Crippen LogP) is 2.79. The number of nitrogens with one attached hydrogen (secondary N) is 1. The number of aromatic amines is 1. The first kappa shape index (κ1) is 15.6. The maximum atomic E-state index is 13.0. The second-order valence-electron chi connectivity index (χ2n) is 6.89. The van der Waals surface area contributed by atoms with Crippen LogP contribution < -0.4 is 4.90 Å². The van der Waals surface area contributed by atoms with Crippen molar-refractivity contribution in [1.82, 2.24) is 15.1 Å². The molecule has 0 saturated carbocycles. The van der Waals surface area contributed by atoms with Gasteiger partial charge in [-0.25, -0.2) is 4.39 Å². The Labute approximate surface area is 142 Å². The molecule has 2 aliphatic rings. The Morgan fingerprint density at radius 1 is 1.00 bits per heavy atom. The summed E-state index contributed by atoms with van der Waals surface area (Å²) in [6.45, 7) is 5.23. The molecule has 2 aromatic rings. The van der Waals surface area contributed by atoms with Crippen LogP contribution >= 0.6 is 0 Å². The molecule has 0 bridgehead atoms. The van der Waals surface area contributed by atoms with Crippen molar-refractivity contribution in [3.63, 3.8) is 0 Å². The number of hydrogen-bond donors (Lipinski definition) is 1. The number of piperazine rings is 1. The third-order valence-electron chi connectivity index (χ3n) is 5.37. The molecule has 1 aromatic carbocycles. The topological polar surface area (TPSA) is 35.2 Å². The lowest BCUT2D eigenvalue weighted by atomic mass is 9.95. The molecule has 1 saturated heterocycles. The van der Waals surface area contributed by atoms with E-state index in [0.717, 1.165) is 51.3 Å². The quantitative estimate of drug-likeness (QED) is 0.937. The van der Waals surface area contributed by atoms with E-state index in [2.05, 4.69) is 20.0 Å². The van der Waals surface area contributed by atoms with Crippen molar-refractivity contribution in [2.24, 2.45) is 0 Å². The Morgan fingerprint density at radius 3 is 2.54 bits per heavy atom. The highest BCUT2D eigenvalue weighted by molar-refractivity contribution is 5.46. The van der Waals surface area contributed by atoms with Crippen molar-refractivity contribution in [3.05, 3.63) is 47.0 Å². The first-order valence-corrected chi connectivity index (χ1v) is 9.07. The summed E-state index contributed by atoms with van der Waals surface area (Å²) in [6.07, 6.45) is 5.99. The third-order valence-corrected chi connectivity index (χ3v) is 5.37. The number of aromatic nitrogens is 2. The van der Waals surface area contributed by atoms with Gasteiger partial charge in [0, 0.05) is 50.5 Å². The fourth-order valence-electron chi connectivity index (χ4n) is 3.90. The highest BCUT2D eigenvalue weighted by atomic mass is 19.1. The molecule has 1 aliphatic carbocycles. The van der Waals surface area contributed by atoms with Crippen molar-refractivity contribution in [3.8, 4) is 0 Å². The summed E-state index contributed by atoms with van der Waals surface area (Å²) in [5.41, 5.74) is 5.27. The van der Waals surface area contributed by atoms with E-state index < -0.39 is 0 Å². The zero-order chi connectivity index (χ0) is 16.4. The molecule has 4 rings (SSSR count). The third kappa shape index (κ3) is 3.31. The Balaban J connectivity index is 1.29. The van der Waals surface area contributed by atoms with Crippen LogP contribution in [0.5, 0.6) is 0 Å². The van der Waals surface area contributed by atoms with E-state index in [0.29, 0.717) is 0 Å². The fourth-order valence-corrected chi connectivity index (χ4v) is 3.90. The standard InChI is InChI=1S/C19H25FN4/c20-15-5-7-16(8-6-15)24-13-11-23(12-14-24)10-9-19-17-3-1-2-4-18(17)21-22-19/h5-8H,1-4,9-14H2,(H,21,22). The summed E-state index contributed by atoms with van der Waals surface area (Å²) in [6, 6.07) is 6.84. The van der Waals surface area contributed by atoms with E-state index in [4.69, 9.17) is 0 Å². The van der Waals surface area contributed by atoms with E-state index in [-0.39, 0.29) is 5.82 Å². The lowest BCUT2D eigenvalue weighted by Crippen LogP contribution is -2.47. The minimum atomic E-state index is -0.166. The molecule has 128 valence electrons. The second-order valence-corrected chi connectivity index (χ2v) is 6.89. The molecular weight excluding hydrogens is 303 g/mol. The van der Waals surface area contributed by atoms with Gasteiger partial charge in [0.05, 0.1) is 5.69 Å². The number of halogens is 1. The van der Waals surface area contributed by atoms with Crippen molar-refractivity contribution in [1.29, 1.82) is 0 Å². The van der Waals surface area contributed by atoms with Crippen molar-refractivity contribution in [2.45, 2.75) is 32.1 Å². The maximum Gasteiger partial charge on any atom is 0.123 e. The number of hydrogen-bond acceptors (Lipinski definition) is 3. The molecule has 1 N–H and O–H groups in total. The average Bonchev–Trinajstić information content (AvgIpc) is 3.04. The van der Waals surface area contributed by atoms with Crippen LogP contribution in [-0.2, 0) is 19.3 Å². The van der Waals surface area contributed by atoms with Crippen molar-refractivity contribution >= 4 is 5.69 Å². The van der Waals surface area contributed by atoms with Crippen LogP contribution in [-0.4, -0.2) is 47.8 Å². The van der Waals surface area contributed by atoms with Crippen LogP contribution in [0.4, 0.5) is 10.1 Å². The van der Waals surface area contributed by atoms with Gasteiger partial charge in [-0.05, 0) is 55.5 Å². The molecule has 1 fully saturated rings. The normalized spacial score (nSPS) is 18.6. The van der Waals surface area contributed by atoms with Crippen LogP contribution in [0, 0.1) is 5.82 Å². The van der Waals surface area contributed by atoms with Crippen LogP contribution in [0.1, 0.15) is 29.8 Å². The molecule has 2 heterocycles. The summed E-state index contributed by atoms with van der Waals surface area (Å²) in [7, 11) is 0. The number of aryl methyl sites for hydroxylation is 1. The molecular formula is C19H25FN4. The van der Waals surface area contributed by atoms with Gasteiger partial charge in [0.2, 0.25) is 0 Å². The first-order valence-electron chi connectivity index (χ1n) is 9.07. The molecule has 24 heavy (non-hydrogen) atoms. The van der Waals surface area contributed by atoms with Gasteiger partial charge in [-0.15, -0.1) is 0 Å². The Kier molecular flexibility index (Phi) is 4.52. The van der Waals surface area contributed by atoms with Gasteiger partial charge in [0.15, 0.2) is 0 Å². The van der Waals surface area contributed by atoms with Gasteiger partial charge in [-0.1, -0.05) is 0 Å². The molecule has 1 aromatic heterocycles. The van der Waals surface area contributed by atoms with Crippen LogP contribution in [0.2, 0.25) is 0 Å². The highest BCUT2D eigenvalue weighted by Gasteiger charge is 2.20. The molecule has 0 amide bonds. The Bertz CT molecular complexity index is 671. The molecule has 0 atom stereocenters. The zero-order valence-corrected chi connectivity index (χ0v) is 14.1. The van der Waals surface area contributed by atoms with Gasteiger partial charge in [-0.2, -0.15) is 5.10 Å². The number of nitrogens with zero attached hydrogens (tertiary/aromatic N) is 3. The molecule has 0 radical (unpaired) electrons. The smallest absolute Gasteiger partial charge is 0.123 e. The number of H-pyrrole nitrogens is 1. The zero-order valence-electron chi connectivity index (χ0n) is 14.1. The summed E-state index contributed by atoms with van der Waals surface area (Å²) in [5.74, 6) is -0.166. The van der Waals surface area contributed by atoms with Gasteiger partial charge in [0.1, 0.15) is 5.82 Å². The van der Waals surface area contributed by atoms with Gasteiger partial charge >= 0.3 is 0 Å². The van der Waals surface area contributed by atoms with Crippen LogP contribution in [0.25, 0.3) is 0 Å². The number of anilines is 1. The number of fused-ring (bicyclic) bond motifs is 1. The van der Waals surface area contributed by atoms with Crippen LogP contribution in [0.15, 0.2) is 24.3 Å². The molecule has 4 nitrogen and oxygen atoms in total.